The molecule has 0 aliphatic heterocycles. The standard InChI is InChI=1S/C21H23N3O2S/c1-15-7-12-20(23(15)13-16-5-3-2-4-6-16)19-14-27-21(22-19)17-8-10-18(11-9-17)24(25)26/h7-12,14,16H,2-6,13H2,1H3. The lowest BCUT2D eigenvalue weighted by atomic mass is 9.89. The predicted molar refractivity (Wildman–Crippen MR) is 109 cm³/mol. The molecule has 4 rings (SSSR count). The summed E-state index contributed by atoms with van der Waals surface area (Å²) in [6.45, 7) is 3.23. The van der Waals surface area contributed by atoms with E-state index in [1.54, 1.807) is 23.5 Å². The second kappa shape index (κ2) is 7.64. The summed E-state index contributed by atoms with van der Waals surface area (Å²) < 4.78 is 2.41. The highest BCUT2D eigenvalue weighted by Crippen LogP contribution is 2.33. The van der Waals surface area contributed by atoms with Crippen LogP contribution in [-0.4, -0.2) is 14.5 Å². The van der Waals surface area contributed by atoms with Crippen LogP contribution in [-0.2, 0) is 6.54 Å². The summed E-state index contributed by atoms with van der Waals surface area (Å²) in [7, 11) is 0. The zero-order chi connectivity index (χ0) is 18.8. The normalized spacial score (nSPS) is 15.1. The maximum absolute atomic E-state index is 10.8. The SMILES string of the molecule is Cc1ccc(-c2csc(-c3ccc([N+](=O)[O-])cc3)n2)n1CC1CCCCC1. The van der Waals surface area contributed by atoms with Crippen molar-refractivity contribution in [3.05, 3.63) is 57.6 Å². The maximum Gasteiger partial charge on any atom is 0.269 e. The van der Waals surface area contributed by atoms with E-state index < -0.39 is 0 Å². The van der Waals surface area contributed by atoms with Gasteiger partial charge in [0.05, 0.1) is 16.3 Å². The molecule has 1 aliphatic carbocycles. The molecule has 3 aromatic rings. The van der Waals surface area contributed by atoms with E-state index in [9.17, 15) is 10.1 Å². The van der Waals surface area contributed by atoms with E-state index in [0.717, 1.165) is 28.7 Å². The highest BCUT2D eigenvalue weighted by atomic mass is 32.1. The molecular weight excluding hydrogens is 358 g/mol. The van der Waals surface area contributed by atoms with Gasteiger partial charge in [-0.3, -0.25) is 10.1 Å². The second-order valence-electron chi connectivity index (χ2n) is 7.32. The number of nitro benzene ring substituents is 1. The molecular formula is C21H23N3O2S. The van der Waals surface area contributed by atoms with E-state index in [1.165, 1.54) is 55.6 Å². The molecule has 140 valence electrons. The Morgan fingerprint density at radius 2 is 1.89 bits per heavy atom. The van der Waals surface area contributed by atoms with Crippen molar-refractivity contribution in [3.8, 4) is 22.0 Å². The van der Waals surface area contributed by atoms with E-state index in [4.69, 9.17) is 4.98 Å². The van der Waals surface area contributed by atoms with Gasteiger partial charge in [-0.05, 0) is 49.9 Å². The van der Waals surface area contributed by atoms with Crippen molar-refractivity contribution in [3.63, 3.8) is 0 Å². The molecule has 0 saturated heterocycles. The molecule has 1 fully saturated rings. The van der Waals surface area contributed by atoms with Gasteiger partial charge in [-0.1, -0.05) is 19.3 Å². The lowest BCUT2D eigenvalue weighted by molar-refractivity contribution is -0.384. The van der Waals surface area contributed by atoms with Crippen LogP contribution in [0.5, 0.6) is 0 Å². The van der Waals surface area contributed by atoms with Crippen LogP contribution in [0.25, 0.3) is 22.0 Å². The second-order valence-corrected chi connectivity index (χ2v) is 8.17. The van der Waals surface area contributed by atoms with Gasteiger partial charge < -0.3 is 4.57 Å². The van der Waals surface area contributed by atoms with E-state index >= 15 is 0 Å². The minimum Gasteiger partial charge on any atom is -0.343 e. The molecule has 5 nitrogen and oxygen atoms in total. The van der Waals surface area contributed by atoms with Crippen molar-refractivity contribution in [1.29, 1.82) is 0 Å². The molecule has 27 heavy (non-hydrogen) atoms. The Morgan fingerprint density at radius 1 is 1.15 bits per heavy atom. The molecule has 0 unspecified atom stereocenters. The number of non-ortho nitro benzene ring substituents is 1. The van der Waals surface area contributed by atoms with Crippen LogP contribution in [0.3, 0.4) is 0 Å². The van der Waals surface area contributed by atoms with Crippen LogP contribution in [0, 0.1) is 23.0 Å². The first-order chi connectivity index (χ1) is 13.1. The number of benzene rings is 1. The molecule has 2 heterocycles. The van der Waals surface area contributed by atoms with E-state index in [1.807, 2.05) is 0 Å². The first kappa shape index (κ1) is 17.9. The lowest BCUT2D eigenvalue weighted by Gasteiger charge is -2.24. The summed E-state index contributed by atoms with van der Waals surface area (Å²) in [6.07, 6.45) is 6.71. The molecule has 0 atom stereocenters. The van der Waals surface area contributed by atoms with Crippen LogP contribution in [0.2, 0.25) is 0 Å². The lowest BCUT2D eigenvalue weighted by Crippen LogP contribution is -2.15. The Balaban J connectivity index is 1.59. The number of thiazole rings is 1. The summed E-state index contributed by atoms with van der Waals surface area (Å²) in [4.78, 5) is 15.3. The Bertz CT molecular complexity index is 937. The van der Waals surface area contributed by atoms with Crippen molar-refractivity contribution >= 4 is 17.0 Å². The predicted octanol–water partition coefficient (Wildman–Crippen LogP) is 6.08. The fourth-order valence-corrected chi connectivity index (χ4v) is 4.73. The van der Waals surface area contributed by atoms with Crippen molar-refractivity contribution in [2.75, 3.05) is 0 Å². The highest BCUT2D eigenvalue weighted by molar-refractivity contribution is 7.13. The van der Waals surface area contributed by atoms with Gasteiger partial charge in [-0.2, -0.15) is 0 Å². The Kier molecular flexibility index (Phi) is 5.07. The number of rotatable bonds is 5. The third kappa shape index (κ3) is 3.81. The quantitative estimate of drug-likeness (QED) is 0.398. The van der Waals surface area contributed by atoms with E-state index in [-0.39, 0.29) is 10.6 Å². The maximum atomic E-state index is 10.8. The molecule has 0 bridgehead atoms. The molecule has 0 N–H and O–H groups in total. The Morgan fingerprint density at radius 3 is 2.59 bits per heavy atom. The van der Waals surface area contributed by atoms with Crippen LogP contribution in [0.1, 0.15) is 37.8 Å². The topological polar surface area (TPSA) is 61.0 Å². The Hall–Kier alpha value is -2.47. The zero-order valence-corrected chi connectivity index (χ0v) is 16.2. The number of nitrogens with zero attached hydrogens (tertiary/aromatic N) is 3. The molecule has 2 aromatic heterocycles. The van der Waals surface area contributed by atoms with Crippen molar-refractivity contribution in [2.24, 2.45) is 5.92 Å². The van der Waals surface area contributed by atoms with Gasteiger partial charge >= 0.3 is 0 Å². The largest absolute Gasteiger partial charge is 0.343 e. The molecule has 0 amide bonds. The van der Waals surface area contributed by atoms with Gasteiger partial charge in [0.1, 0.15) is 5.01 Å². The van der Waals surface area contributed by atoms with Gasteiger partial charge in [0.25, 0.3) is 5.69 Å². The zero-order valence-electron chi connectivity index (χ0n) is 15.4. The third-order valence-corrected chi connectivity index (χ3v) is 6.35. The van der Waals surface area contributed by atoms with Crippen molar-refractivity contribution in [1.82, 2.24) is 9.55 Å². The van der Waals surface area contributed by atoms with Crippen LogP contribution < -0.4 is 0 Å². The summed E-state index contributed by atoms with van der Waals surface area (Å²) in [6, 6.07) is 10.9. The highest BCUT2D eigenvalue weighted by Gasteiger charge is 2.18. The van der Waals surface area contributed by atoms with Gasteiger partial charge in [-0.15, -0.1) is 11.3 Å². The van der Waals surface area contributed by atoms with E-state index in [0.29, 0.717) is 0 Å². The summed E-state index contributed by atoms with van der Waals surface area (Å²) in [5.74, 6) is 0.761. The number of hydrogen-bond donors (Lipinski definition) is 0. The molecule has 1 saturated carbocycles. The van der Waals surface area contributed by atoms with E-state index in [2.05, 4.69) is 29.0 Å². The molecule has 6 heteroatoms. The molecule has 0 spiro atoms. The first-order valence-corrected chi connectivity index (χ1v) is 10.4. The number of hydrogen-bond acceptors (Lipinski definition) is 4. The molecule has 1 aromatic carbocycles. The minimum atomic E-state index is -0.377. The van der Waals surface area contributed by atoms with Gasteiger partial charge in [0.2, 0.25) is 0 Å². The summed E-state index contributed by atoms with van der Waals surface area (Å²) in [5, 5.41) is 13.8. The third-order valence-electron chi connectivity index (χ3n) is 5.46. The van der Waals surface area contributed by atoms with Crippen LogP contribution >= 0.6 is 11.3 Å². The summed E-state index contributed by atoms with van der Waals surface area (Å²) in [5.41, 5.74) is 4.45. The van der Waals surface area contributed by atoms with Gasteiger partial charge in [-0.25, -0.2) is 4.98 Å². The number of nitro groups is 1. The van der Waals surface area contributed by atoms with Crippen molar-refractivity contribution in [2.45, 2.75) is 45.6 Å². The average Bonchev–Trinajstić information content (AvgIpc) is 3.30. The van der Waals surface area contributed by atoms with Crippen molar-refractivity contribution < 1.29 is 4.92 Å². The molecule has 0 radical (unpaired) electrons. The monoisotopic (exact) mass is 381 g/mol. The van der Waals surface area contributed by atoms with Gasteiger partial charge in [0.15, 0.2) is 0 Å². The molecule has 1 aliphatic rings. The fraction of sp³-hybridized carbons (Fsp3) is 0.381. The number of aryl methyl sites for hydroxylation is 1. The minimum absolute atomic E-state index is 0.104. The number of aromatic nitrogens is 2. The van der Waals surface area contributed by atoms with Crippen LogP contribution in [0.15, 0.2) is 41.8 Å². The Labute approximate surface area is 162 Å². The average molecular weight is 382 g/mol. The smallest absolute Gasteiger partial charge is 0.269 e. The first-order valence-electron chi connectivity index (χ1n) is 9.48. The fourth-order valence-electron chi connectivity index (χ4n) is 3.91. The van der Waals surface area contributed by atoms with Crippen LogP contribution in [0.4, 0.5) is 5.69 Å². The summed E-state index contributed by atoms with van der Waals surface area (Å²) >= 11 is 1.58. The van der Waals surface area contributed by atoms with Gasteiger partial charge in [0, 0.05) is 35.3 Å².